The van der Waals surface area contributed by atoms with Crippen molar-refractivity contribution in [3.05, 3.63) is 71.4 Å². The summed E-state index contributed by atoms with van der Waals surface area (Å²) in [4.78, 5) is 22.6. The molecule has 8 heteroatoms. The lowest BCUT2D eigenvalue weighted by Crippen LogP contribution is -2.47. The average Bonchev–Trinajstić information content (AvgIpc) is 3.31. The quantitative estimate of drug-likeness (QED) is 0.464. The number of fused-ring (bicyclic) bond motifs is 2. The summed E-state index contributed by atoms with van der Waals surface area (Å²) in [5, 5.41) is 14.1. The molecule has 6 nitrogen and oxygen atoms in total. The minimum atomic E-state index is -0.992. The van der Waals surface area contributed by atoms with Gasteiger partial charge in [0.1, 0.15) is 11.9 Å². The predicted octanol–water partition coefficient (Wildman–Crippen LogP) is 4.97. The Labute approximate surface area is 188 Å². The Balaban J connectivity index is 1.38. The topological polar surface area (TPSA) is 84.8 Å². The lowest BCUT2D eigenvalue weighted by atomic mass is 10.00. The first-order chi connectivity index (χ1) is 16.0. The molecule has 1 atom stereocenters. The molecule has 1 fully saturated rings. The maximum Gasteiger partial charge on any atom is 0.254 e. The molecule has 33 heavy (non-hydrogen) atoms. The highest BCUT2D eigenvalue weighted by Gasteiger charge is 2.28. The third-order valence-electron chi connectivity index (χ3n) is 6.17. The number of carbonyl (C=O) groups excluding carboxylic acids is 1. The van der Waals surface area contributed by atoms with E-state index >= 15 is 0 Å². The van der Waals surface area contributed by atoms with E-state index in [1.54, 1.807) is 0 Å². The van der Waals surface area contributed by atoms with Crippen LogP contribution in [-0.2, 0) is 0 Å². The van der Waals surface area contributed by atoms with Crippen LogP contribution in [0.5, 0.6) is 0 Å². The summed E-state index contributed by atoms with van der Waals surface area (Å²) in [6, 6.07) is 13.1. The van der Waals surface area contributed by atoms with Gasteiger partial charge < -0.3 is 15.2 Å². The molecule has 0 spiro atoms. The van der Waals surface area contributed by atoms with Gasteiger partial charge in [0, 0.05) is 47.9 Å². The van der Waals surface area contributed by atoms with Gasteiger partial charge in [-0.25, -0.2) is 13.8 Å². The standard InChI is InChI=1S/C25H21F2N5O/c26-20-10-17-9-18(13-28)24(31-23(17)12-21(20)27)30-14-19-3-1-2-8-32(19)25(33)16-5-4-15-6-7-29-22(15)11-16/h4-7,9-12,19,29H,1-3,8,14H2,(H,30,31)/t19-/m0/s1. The van der Waals surface area contributed by atoms with Crippen LogP contribution in [0.4, 0.5) is 14.6 Å². The minimum Gasteiger partial charge on any atom is -0.367 e. The van der Waals surface area contributed by atoms with Crippen molar-refractivity contribution in [1.29, 1.82) is 5.26 Å². The Morgan fingerprint density at radius 3 is 2.85 bits per heavy atom. The number of nitrogens with one attached hydrogen (secondary N) is 2. The van der Waals surface area contributed by atoms with Gasteiger partial charge in [-0.1, -0.05) is 6.07 Å². The molecule has 0 bridgehead atoms. The fourth-order valence-electron chi connectivity index (χ4n) is 4.43. The molecule has 2 N–H and O–H groups in total. The number of anilines is 1. The number of hydrogen-bond acceptors (Lipinski definition) is 4. The van der Waals surface area contributed by atoms with Crippen molar-refractivity contribution in [3.8, 4) is 6.07 Å². The second-order valence-corrected chi connectivity index (χ2v) is 8.26. The number of carbonyl (C=O) groups is 1. The van der Waals surface area contributed by atoms with Crippen LogP contribution in [0, 0.1) is 23.0 Å². The number of H-pyrrole nitrogens is 1. The summed E-state index contributed by atoms with van der Waals surface area (Å²) >= 11 is 0. The summed E-state index contributed by atoms with van der Waals surface area (Å²) in [6.45, 7) is 1.04. The first kappa shape index (κ1) is 20.9. The molecular weight excluding hydrogens is 424 g/mol. The van der Waals surface area contributed by atoms with E-state index < -0.39 is 11.6 Å². The number of benzene rings is 2. The number of aromatic nitrogens is 2. The van der Waals surface area contributed by atoms with Crippen molar-refractivity contribution in [2.45, 2.75) is 25.3 Å². The van der Waals surface area contributed by atoms with Crippen LogP contribution in [-0.4, -0.2) is 39.9 Å². The molecule has 4 aromatic rings. The average molecular weight is 445 g/mol. The number of aromatic amines is 1. The lowest BCUT2D eigenvalue weighted by molar-refractivity contribution is 0.0628. The number of nitriles is 1. The normalized spacial score (nSPS) is 16.2. The van der Waals surface area contributed by atoms with Gasteiger partial charge in [-0.3, -0.25) is 4.79 Å². The largest absolute Gasteiger partial charge is 0.367 e. The summed E-state index contributed by atoms with van der Waals surface area (Å²) in [5.41, 5.74) is 2.02. The Bertz CT molecular complexity index is 1410. The Kier molecular flexibility index (Phi) is 5.38. The van der Waals surface area contributed by atoms with Crippen LogP contribution >= 0.6 is 0 Å². The second kappa shape index (κ2) is 8.51. The maximum absolute atomic E-state index is 13.7. The molecule has 0 radical (unpaired) electrons. The molecular formula is C25H21F2N5O. The number of pyridine rings is 1. The van der Waals surface area contributed by atoms with Crippen molar-refractivity contribution >= 4 is 33.5 Å². The molecule has 1 saturated heterocycles. The van der Waals surface area contributed by atoms with E-state index in [1.807, 2.05) is 35.4 Å². The van der Waals surface area contributed by atoms with E-state index in [0.29, 0.717) is 29.9 Å². The Hall–Kier alpha value is -3.99. The highest BCUT2D eigenvalue weighted by molar-refractivity contribution is 5.98. The first-order valence-electron chi connectivity index (χ1n) is 10.9. The van der Waals surface area contributed by atoms with E-state index in [1.165, 1.54) is 6.07 Å². The van der Waals surface area contributed by atoms with Crippen molar-refractivity contribution in [2.24, 2.45) is 0 Å². The lowest BCUT2D eigenvalue weighted by Gasteiger charge is -2.36. The molecule has 166 valence electrons. The molecule has 1 amide bonds. The fraction of sp³-hybridized carbons (Fsp3) is 0.240. The van der Waals surface area contributed by atoms with Gasteiger partial charge in [0.05, 0.1) is 11.1 Å². The Morgan fingerprint density at radius 2 is 2.00 bits per heavy atom. The van der Waals surface area contributed by atoms with Crippen LogP contribution < -0.4 is 5.32 Å². The number of halogens is 2. The molecule has 2 aromatic heterocycles. The summed E-state index contributed by atoms with van der Waals surface area (Å²) in [5.74, 6) is -1.72. The second-order valence-electron chi connectivity index (χ2n) is 8.26. The maximum atomic E-state index is 13.7. The smallest absolute Gasteiger partial charge is 0.254 e. The van der Waals surface area contributed by atoms with E-state index in [4.69, 9.17) is 0 Å². The van der Waals surface area contributed by atoms with Crippen molar-refractivity contribution in [1.82, 2.24) is 14.9 Å². The number of nitrogens with zero attached hydrogens (tertiary/aromatic N) is 3. The summed E-state index contributed by atoms with van der Waals surface area (Å²) < 4.78 is 27.2. The monoisotopic (exact) mass is 445 g/mol. The Morgan fingerprint density at radius 1 is 1.15 bits per heavy atom. The van der Waals surface area contributed by atoms with E-state index in [2.05, 4.69) is 21.4 Å². The van der Waals surface area contributed by atoms with Crippen LogP contribution in [0.2, 0.25) is 0 Å². The van der Waals surface area contributed by atoms with Gasteiger partial charge >= 0.3 is 0 Å². The van der Waals surface area contributed by atoms with Gasteiger partial charge in [0.2, 0.25) is 0 Å². The highest BCUT2D eigenvalue weighted by atomic mass is 19.2. The zero-order chi connectivity index (χ0) is 22.9. The number of amides is 1. The van der Waals surface area contributed by atoms with Crippen LogP contribution in [0.3, 0.4) is 0 Å². The first-order valence-corrected chi connectivity index (χ1v) is 10.9. The van der Waals surface area contributed by atoms with Crippen LogP contribution in [0.15, 0.2) is 48.7 Å². The van der Waals surface area contributed by atoms with Crippen LogP contribution in [0.25, 0.3) is 21.8 Å². The van der Waals surface area contributed by atoms with Gasteiger partial charge in [-0.05, 0) is 55.0 Å². The van der Waals surface area contributed by atoms with Gasteiger partial charge in [-0.15, -0.1) is 0 Å². The molecule has 3 heterocycles. The van der Waals surface area contributed by atoms with Gasteiger partial charge in [-0.2, -0.15) is 5.26 Å². The molecule has 0 saturated carbocycles. The SMILES string of the molecule is N#Cc1cc2cc(F)c(F)cc2nc1NC[C@@H]1CCCCN1C(=O)c1ccc2cc[nH]c2c1. The van der Waals surface area contributed by atoms with E-state index in [-0.39, 0.29) is 23.0 Å². The fourth-order valence-corrected chi connectivity index (χ4v) is 4.43. The van der Waals surface area contributed by atoms with Crippen molar-refractivity contribution < 1.29 is 13.6 Å². The number of rotatable bonds is 4. The molecule has 0 unspecified atom stereocenters. The van der Waals surface area contributed by atoms with Crippen molar-refractivity contribution in [3.63, 3.8) is 0 Å². The molecule has 2 aromatic carbocycles. The van der Waals surface area contributed by atoms with Gasteiger partial charge in [0.15, 0.2) is 11.6 Å². The molecule has 1 aliphatic rings. The predicted molar refractivity (Wildman–Crippen MR) is 122 cm³/mol. The third-order valence-corrected chi connectivity index (χ3v) is 6.17. The van der Waals surface area contributed by atoms with Crippen molar-refractivity contribution in [2.75, 3.05) is 18.4 Å². The molecule has 1 aliphatic heterocycles. The third kappa shape index (κ3) is 3.98. The minimum absolute atomic E-state index is 0.0393. The van der Waals surface area contributed by atoms with E-state index in [0.717, 1.165) is 42.3 Å². The van der Waals surface area contributed by atoms with E-state index in [9.17, 15) is 18.8 Å². The zero-order valence-corrected chi connectivity index (χ0v) is 17.7. The van der Waals surface area contributed by atoms with Crippen LogP contribution in [0.1, 0.15) is 35.2 Å². The molecule has 5 rings (SSSR count). The number of likely N-dealkylation sites (tertiary alicyclic amines) is 1. The zero-order valence-electron chi connectivity index (χ0n) is 17.7. The summed E-state index contributed by atoms with van der Waals surface area (Å²) in [7, 11) is 0. The highest BCUT2D eigenvalue weighted by Crippen LogP contribution is 2.25. The number of piperidine rings is 1. The summed E-state index contributed by atoms with van der Waals surface area (Å²) in [6.07, 6.45) is 4.58. The van der Waals surface area contributed by atoms with Gasteiger partial charge in [0.25, 0.3) is 5.91 Å². The molecule has 0 aliphatic carbocycles. The number of hydrogen-bond donors (Lipinski definition) is 2.